The molecule has 3 atom stereocenters. The van der Waals surface area contributed by atoms with Crippen LogP contribution < -0.4 is 10.6 Å². The fraction of sp³-hybridized carbons (Fsp3) is 0.759. The average Bonchev–Trinajstić information content (AvgIpc) is 2.88. The quantitative estimate of drug-likeness (QED) is 0.290. The number of urea groups is 1. The molecule has 1 aromatic rings. The predicted octanol–water partition coefficient (Wildman–Crippen LogP) is 4.69. The summed E-state index contributed by atoms with van der Waals surface area (Å²) >= 11 is 6.31. The number of likely N-dealkylation sites (N-methyl/N-ethyl adjacent to an activating group) is 1. The molecule has 4 N–H and O–H groups in total. The fourth-order valence-electron chi connectivity index (χ4n) is 6.18. The number of unbranched alkanes of at least 4 members (excludes halogenated alkanes) is 1. The Hall–Kier alpha value is -1.38. The minimum absolute atomic E-state index is 0.0341. The Labute approximate surface area is 228 Å². The number of amides is 2. The van der Waals surface area contributed by atoms with Crippen LogP contribution in [0.5, 0.6) is 0 Å². The van der Waals surface area contributed by atoms with Gasteiger partial charge >= 0.3 is 6.03 Å². The van der Waals surface area contributed by atoms with Crippen LogP contribution in [0, 0.1) is 11.8 Å². The highest BCUT2D eigenvalue weighted by Gasteiger charge is 2.41. The van der Waals surface area contributed by atoms with Crippen molar-refractivity contribution in [3.8, 4) is 0 Å². The van der Waals surface area contributed by atoms with Crippen LogP contribution in [0.4, 0.5) is 4.79 Å². The zero-order chi connectivity index (χ0) is 26.9. The number of likely N-dealkylation sites (tertiary alicyclic amines) is 1. The Balaban J connectivity index is 1.66. The molecular weight excluding hydrogens is 490 g/mol. The smallest absolute Gasteiger partial charge is 0.317 e. The van der Waals surface area contributed by atoms with E-state index in [1.54, 1.807) is 7.11 Å². The second-order valence-electron chi connectivity index (χ2n) is 11.5. The van der Waals surface area contributed by atoms with Gasteiger partial charge in [-0.1, -0.05) is 23.7 Å². The number of methoxy groups -OCH3 is 1. The molecule has 0 spiro atoms. The standard InChI is InChI=1S/C29H48ClN3O4/c1-28(35)14-11-22(12-15-28)18-26(20-31-2)32-27(34)33-16-7-9-24(21-33)29(36,13-4-5-17-37-3)23-8-6-10-25(30)19-23/h6,8,10,19,22,24,26,31,35-36H,4-5,7,9,11-18,20-21H2,1-3H3,(H,32,34)/t22-,24-,26+,28-,29-/m1/s1. The second kappa shape index (κ2) is 14.1. The van der Waals surface area contributed by atoms with Crippen molar-refractivity contribution in [3.63, 3.8) is 0 Å². The number of benzene rings is 1. The molecule has 37 heavy (non-hydrogen) atoms. The largest absolute Gasteiger partial charge is 0.390 e. The number of hydrogen-bond donors (Lipinski definition) is 4. The molecule has 1 aliphatic heterocycles. The van der Waals surface area contributed by atoms with Crippen LogP contribution in [0.3, 0.4) is 0 Å². The molecule has 210 valence electrons. The van der Waals surface area contributed by atoms with E-state index in [1.807, 2.05) is 43.1 Å². The SMILES string of the molecule is CNC[C@H](C[C@H]1CC[C@](C)(O)CC1)NC(=O)N1CCC[C@@H]([C@@](O)(CCCCOC)c2cccc(Cl)c2)C1. The van der Waals surface area contributed by atoms with E-state index in [1.165, 1.54) is 0 Å². The van der Waals surface area contributed by atoms with Gasteiger partial charge < -0.3 is 30.5 Å². The average molecular weight is 538 g/mol. The monoisotopic (exact) mass is 537 g/mol. The summed E-state index contributed by atoms with van der Waals surface area (Å²) < 4.78 is 5.22. The molecule has 0 bridgehead atoms. The topological polar surface area (TPSA) is 94.1 Å². The molecule has 8 heteroatoms. The van der Waals surface area contributed by atoms with Gasteiger partial charge in [0, 0.05) is 50.3 Å². The van der Waals surface area contributed by atoms with Crippen molar-refractivity contribution in [2.75, 3.05) is 40.4 Å². The molecule has 1 heterocycles. The van der Waals surface area contributed by atoms with E-state index < -0.39 is 11.2 Å². The van der Waals surface area contributed by atoms with Crippen LogP contribution in [0.1, 0.15) is 76.7 Å². The van der Waals surface area contributed by atoms with Gasteiger partial charge in [0.25, 0.3) is 0 Å². The van der Waals surface area contributed by atoms with E-state index in [9.17, 15) is 15.0 Å². The Morgan fingerprint density at radius 1 is 1.30 bits per heavy atom. The Kier molecular flexibility index (Phi) is 11.5. The van der Waals surface area contributed by atoms with Gasteiger partial charge in [0.05, 0.1) is 11.2 Å². The van der Waals surface area contributed by atoms with Gasteiger partial charge in [0.15, 0.2) is 0 Å². The van der Waals surface area contributed by atoms with Crippen molar-refractivity contribution in [1.82, 2.24) is 15.5 Å². The number of nitrogens with zero attached hydrogens (tertiary/aromatic N) is 1. The molecule has 1 aromatic carbocycles. The molecule has 1 saturated heterocycles. The van der Waals surface area contributed by atoms with Gasteiger partial charge in [-0.25, -0.2) is 4.79 Å². The van der Waals surface area contributed by atoms with Crippen molar-refractivity contribution < 1.29 is 19.7 Å². The molecule has 0 aromatic heterocycles. The number of hydrogen-bond acceptors (Lipinski definition) is 5. The highest BCUT2D eigenvalue weighted by Crippen LogP contribution is 2.40. The van der Waals surface area contributed by atoms with E-state index in [-0.39, 0.29) is 18.0 Å². The number of aliphatic hydroxyl groups is 2. The van der Waals surface area contributed by atoms with Crippen LogP contribution in [0.15, 0.2) is 24.3 Å². The van der Waals surface area contributed by atoms with Crippen molar-refractivity contribution in [2.24, 2.45) is 11.8 Å². The van der Waals surface area contributed by atoms with Crippen LogP contribution in [-0.2, 0) is 10.3 Å². The van der Waals surface area contributed by atoms with Crippen LogP contribution in [0.2, 0.25) is 5.02 Å². The van der Waals surface area contributed by atoms with E-state index in [0.717, 1.165) is 63.4 Å². The van der Waals surface area contributed by atoms with Gasteiger partial charge in [0.2, 0.25) is 0 Å². The Morgan fingerprint density at radius 2 is 2.05 bits per heavy atom. The first-order valence-electron chi connectivity index (χ1n) is 14.1. The van der Waals surface area contributed by atoms with Crippen molar-refractivity contribution in [2.45, 2.75) is 88.4 Å². The summed E-state index contributed by atoms with van der Waals surface area (Å²) in [6.45, 7) is 4.50. The van der Waals surface area contributed by atoms with Crippen LogP contribution in [-0.4, -0.2) is 73.2 Å². The maximum atomic E-state index is 13.4. The molecular formula is C29H48ClN3O4. The van der Waals surface area contributed by atoms with Crippen molar-refractivity contribution in [3.05, 3.63) is 34.9 Å². The molecule has 7 nitrogen and oxygen atoms in total. The number of piperidine rings is 1. The number of rotatable bonds is 12. The van der Waals surface area contributed by atoms with E-state index in [0.29, 0.717) is 43.6 Å². The van der Waals surface area contributed by atoms with Gasteiger partial charge in [-0.2, -0.15) is 0 Å². The Morgan fingerprint density at radius 3 is 2.73 bits per heavy atom. The van der Waals surface area contributed by atoms with Gasteiger partial charge in [-0.05, 0) is 102 Å². The molecule has 2 aliphatic rings. The third-order valence-corrected chi connectivity index (χ3v) is 8.68. The van der Waals surface area contributed by atoms with E-state index in [4.69, 9.17) is 16.3 Å². The normalized spacial score (nSPS) is 26.9. The lowest BCUT2D eigenvalue weighted by atomic mass is 9.74. The number of halogens is 1. The predicted molar refractivity (Wildman–Crippen MR) is 149 cm³/mol. The summed E-state index contributed by atoms with van der Waals surface area (Å²) in [5.41, 5.74) is -0.781. The molecule has 0 radical (unpaired) electrons. The molecule has 2 fully saturated rings. The van der Waals surface area contributed by atoms with Crippen LogP contribution in [0.25, 0.3) is 0 Å². The molecule has 1 saturated carbocycles. The summed E-state index contributed by atoms with van der Waals surface area (Å²) in [6.07, 6.45) is 8.55. The van der Waals surface area contributed by atoms with E-state index >= 15 is 0 Å². The first-order chi connectivity index (χ1) is 17.7. The highest BCUT2D eigenvalue weighted by molar-refractivity contribution is 6.30. The summed E-state index contributed by atoms with van der Waals surface area (Å²) in [7, 11) is 3.61. The summed E-state index contributed by atoms with van der Waals surface area (Å²) in [4.78, 5) is 15.3. The zero-order valence-electron chi connectivity index (χ0n) is 23.0. The molecule has 0 unspecified atom stereocenters. The minimum atomic E-state index is -1.05. The van der Waals surface area contributed by atoms with Crippen LogP contribution >= 0.6 is 11.6 Å². The maximum absolute atomic E-state index is 13.4. The lowest BCUT2D eigenvalue weighted by Crippen LogP contribution is -2.54. The van der Waals surface area contributed by atoms with Crippen molar-refractivity contribution in [1.29, 1.82) is 0 Å². The molecule has 2 amide bonds. The lowest BCUT2D eigenvalue weighted by Gasteiger charge is -2.43. The van der Waals surface area contributed by atoms with E-state index in [2.05, 4.69) is 10.6 Å². The number of ether oxygens (including phenoxy) is 1. The molecule has 3 rings (SSSR count). The second-order valence-corrected chi connectivity index (χ2v) is 12.0. The number of nitrogens with one attached hydrogen (secondary N) is 2. The van der Waals surface area contributed by atoms with Crippen molar-refractivity contribution >= 4 is 17.6 Å². The van der Waals surface area contributed by atoms with Gasteiger partial charge in [0.1, 0.15) is 0 Å². The third-order valence-electron chi connectivity index (χ3n) is 8.44. The molecule has 1 aliphatic carbocycles. The minimum Gasteiger partial charge on any atom is -0.390 e. The lowest BCUT2D eigenvalue weighted by molar-refractivity contribution is -0.0564. The van der Waals surface area contributed by atoms with Gasteiger partial charge in [-0.3, -0.25) is 0 Å². The van der Waals surface area contributed by atoms with Gasteiger partial charge in [-0.15, -0.1) is 0 Å². The first-order valence-corrected chi connectivity index (χ1v) is 14.4. The number of carbonyl (C=O) groups is 1. The summed E-state index contributed by atoms with van der Waals surface area (Å²) in [5.74, 6) is 0.435. The highest BCUT2D eigenvalue weighted by atomic mass is 35.5. The third kappa shape index (κ3) is 8.82. The zero-order valence-corrected chi connectivity index (χ0v) is 23.7. The summed E-state index contributed by atoms with van der Waals surface area (Å²) in [6, 6.07) is 7.50. The fourth-order valence-corrected chi connectivity index (χ4v) is 6.37. The summed E-state index contributed by atoms with van der Waals surface area (Å²) in [5, 5.41) is 29.5. The first kappa shape index (κ1) is 30.2. The Bertz CT molecular complexity index is 844. The maximum Gasteiger partial charge on any atom is 0.317 e. The number of carbonyl (C=O) groups excluding carboxylic acids is 1.